The normalized spacial score (nSPS) is 12.1. The predicted molar refractivity (Wildman–Crippen MR) is 69.7 cm³/mol. The summed E-state index contributed by atoms with van der Waals surface area (Å²) in [7, 11) is 0. The van der Waals surface area contributed by atoms with Crippen LogP contribution in [0.1, 0.15) is 24.2 Å². The van der Waals surface area contributed by atoms with Gasteiger partial charge >= 0.3 is 5.97 Å². The van der Waals surface area contributed by atoms with Gasteiger partial charge < -0.3 is 10.0 Å². The van der Waals surface area contributed by atoms with Crippen molar-refractivity contribution in [3.63, 3.8) is 0 Å². The molecule has 0 aliphatic rings. The lowest BCUT2D eigenvalue weighted by Crippen LogP contribution is -2.37. The van der Waals surface area contributed by atoms with E-state index < -0.39 is 40.0 Å². The molecule has 1 N–H and O–H groups in total. The Balaban J connectivity index is 3.03. The molecule has 0 saturated heterocycles. The number of hydrogen-bond donors (Lipinski definition) is 1. The zero-order valence-electron chi connectivity index (χ0n) is 11.0. The topological polar surface area (TPSA) is 57.6 Å². The van der Waals surface area contributed by atoms with E-state index in [0.29, 0.717) is 6.07 Å². The smallest absolute Gasteiger partial charge is 0.308 e. The summed E-state index contributed by atoms with van der Waals surface area (Å²) in [6.07, 6.45) is 0. The van der Waals surface area contributed by atoms with E-state index in [1.165, 1.54) is 6.92 Å². The van der Waals surface area contributed by atoms with Gasteiger partial charge in [0.1, 0.15) is 11.6 Å². The van der Waals surface area contributed by atoms with Crippen LogP contribution in [0.15, 0.2) is 12.1 Å². The van der Waals surface area contributed by atoms with Crippen LogP contribution in [0.5, 0.6) is 0 Å². The Hall–Kier alpha value is -1.69. The summed E-state index contributed by atoms with van der Waals surface area (Å²) >= 11 is 5.41. The van der Waals surface area contributed by atoms with Crippen molar-refractivity contribution < 1.29 is 23.5 Å². The number of carbonyl (C=O) groups excluding carboxylic acids is 1. The molecule has 4 nitrogen and oxygen atoms in total. The minimum absolute atomic E-state index is 0.0889. The molecule has 20 heavy (non-hydrogen) atoms. The van der Waals surface area contributed by atoms with Gasteiger partial charge in [0.15, 0.2) is 0 Å². The maximum Gasteiger partial charge on any atom is 0.308 e. The first-order valence-electron chi connectivity index (χ1n) is 5.94. The molecular weight excluding hydrogens is 292 g/mol. The van der Waals surface area contributed by atoms with Crippen LogP contribution in [-0.4, -0.2) is 35.0 Å². The molecule has 1 aromatic carbocycles. The maximum atomic E-state index is 13.7. The van der Waals surface area contributed by atoms with Gasteiger partial charge in [-0.25, -0.2) is 8.78 Å². The summed E-state index contributed by atoms with van der Waals surface area (Å²) in [5.41, 5.74) is -0.466. The van der Waals surface area contributed by atoms with E-state index in [-0.39, 0.29) is 13.1 Å². The van der Waals surface area contributed by atoms with Crippen LogP contribution >= 0.6 is 11.6 Å². The standard InChI is InChI=1S/C13H14ClF2NO3/c1-3-17(6-7(2)13(19)20)12(18)8-4-11(16)9(14)5-10(8)15/h4-5,7H,3,6H2,1-2H3,(H,19,20). The molecule has 0 fully saturated rings. The lowest BCUT2D eigenvalue weighted by Gasteiger charge is -2.23. The minimum atomic E-state index is -1.07. The lowest BCUT2D eigenvalue weighted by atomic mass is 10.1. The van der Waals surface area contributed by atoms with Crippen molar-refractivity contribution in [1.82, 2.24) is 4.90 Å². The fraction of sp³-hybridized carbons (Fsp3) is 0.385. The Bertz CT molecular complexity index is 537. The van der Waals surface area contributed by atoms with Crippen LogP contribution in [0.4, 0.5) is 8.78 Å². The zero-order chi connectivity index (χ0) is 15.4. The summed E-state index contributed by atoms with van der Waals surface area (Å²) < 4.78 is 27.0. The highest BCUT2D eigenvalue weighted by Crippen LogP contribution is 2.20. The van der Waals surface area contributed by atoms with E-state index >= 15 is 0 Å². The van der Waals surface area contributed by atoms with Crippen molar-refractivity contribution in [1.29, 1.82) is 0 Å². The second-order valence-electron chi connectivity index (χ2n) is 4.33. The third kappa shape index (κ3) is 3.66. The number of aliphatic carboxylic acids is 1. The van der Waals surface area contributed by atoms with E-state index in [0.717, 1.165) is 11.0 Å². The van der Waals surface area contributed by atoms with Crippen LogP contribution in [-0.2, 0) is 4.79 Å². The summed E-state index contributed by atoms with van der Waals surface area (Å²) in [4.78, 5) is 24.0. The molecule has 0 spiro atoms. The number of halogens is 3. The third-order valence-electron chi connectivity index (χ3n) is 2.83. The molecule has 0 aliphatic heterocycles. The quantitative estimate of drug-likeness (QED) is 0.851. The predicted octanol–water partition coefficient (Wildman–Crippen LogP) is 2.80. The van der Waals surface area contributed by atoms with E-state index in [9.17, 15) is 18.4 Å². The molecule has 1 amide bonds. The molecule has 7 heteroatoms. The highest BCUT2D eigenvalue weighted by molar-refractivity contribution is 6.30. The Morgan fingerprint density at radius 1 is 1.35 bits per heavy atom. The molecule has 1 unspecified atom stereocenters. The zero-order valence-corrected chi connectivity index (χ0v) is 11.7. The van der Waals surface area contributed by atoms with Gasteiger partial charge in [-0.1, -0.05) is 18.5 Å². The number of nitrogens with zero attached hydrogens (tertiary/aromatic N) is 1. The number of hydrogen-bond acceptors (Lipinski definition) is 2. The molecule has 0 bridgehead atoms. The molecule has 0 aromatic heterocycles. The van der Waals surface area contributed by atoms with Crippen LogP contribution in [0.2, 0.25) is 5.02 Å². The molecule has 0 radical (unpaired) electrons. The van der Waals surface area contributed by atoms with Gasteiger partial charge in [0.25, 0.3) is 5.91 Å². The number of rotatable bonds is 5. The van der Waals surface area contributed by atoms with Crippen molar-refractivity contribution in [3.05, 3.63) is 34.4 Å². The van der Waals surface area contributed by atoms with Crippen molar-refractivity contribution in [3.8, 4) is 0 Å². The van der Waals surface area contributed by atoms with Crippen LogP contribution < -0.4 is 0 Å². The maximum absolute atomic E-state index is 13.7. The molecule has 1 atom stereocenters. The van der Waals surface area contributed by atoms with E-state index in [2.05, 4.69) is 0 Å². The molecule has 1 rings (SSSR count). The first kappa shape index (κ1) is 16.4. The Kier molecular flexibility index (Phi) is 5.44. The first-order valence-corrected chi connectivity index (χ1v) is 6.32. The molecule has 110 valence electrons. The van der Waals surface area contributed by atoms with E-state index in [1.807, 2.05) is 0 Å². The van der Waals surface area contributed by atoms with Crippen molar-refractivity contribution in [2.75, 3.05) is 13.1 Å². The average molecular weight is 306 g/mol. The fourth-order valence-corrected chi connectivity index (χ4v) is 1.77. The lowest BCUT2D eigenvalue weighted by molar-refractivity contribution is -0.141. The second kappa shape index (κ2) is 6.65. The monoisotopic (exact) mass is 305 g/mol. The largest absolute Gasteiger partial charge is 0.481 e. The third-order valence-corrected chi connectivity index (χ3v) is 3.11. The summed E-state index contributed by atoms with van der Waals surface area (Å²) in [5, 5.41) is 8.41. The van der Waals surface area contributed by atoms with Crippen LogP contribution in [0.3, 0.4) is 0 Å². The SMILES string of the molecule is CCN(CC(C)C(=O)O)C(=O)c1cc(F)c(Cl)cc1F. The molecular formula is C13H14ClF2NO3. The Labute approximate surface area is 119 Å². The van der Waals surface area contributed by atoms with Crippen molar-refractivity contribution >= 4 is 23.5 Å². The fourth-order valence-electron chi connectivity index (χ4n) is 1.62. The number of benzene rings is 1. The highest BCUT2D eigenvalue weighted by atomic mass is 35.5. The van der Waals surface area contributed by atoms with Crippen LogP contribution in [0.25, 0.3) is 0 Å². The summed E-state index contributed by atoms with van der Waals surface area (Å²) in [6, 6.07) is 1.44. The molecule has 1 aromatic rings. The Morgan fingerprint density at radius 2 is 1.95 bits per heavy atom. The molecule has 0 saturated carbocycles. The van der Waals surface area contributed by atoms with E-state index in [4.69, 9.17) is 16.7 Å². The second-order valence-corrected chi connectivity index (χ2v) is 4.74. The highest BCUT2D eigenvalue weighted by Gasteiger charge is 2.23. The number of amides is 1. The number of carboxylic acid groups (broad SMARTS) is 1. The van der Waals surface area contributed by atoms with Crippen molar-refractivity contribution in [2.45, 2.75) is 13.8 Å². The average Bonchev–Trinajstić information content (AvgIpc) is 2.38. The van der Waals surface area contributed by atoms with Crippen LogP contribution in [0, 0.1) is 17.6 Å². The first-order chi connectivity index (χ1) is 9.27. The summed E-state index contributed by atoms with van der Waals surface area (Å²) in [5.74, 6) is -4.49. The summed E-state index contributed by atoms with van der Waals surface area (Å²) in [6.45, 7) is 3.14. The molecule has 0 aliphatic carbocycles. The number of carbonyl (C=O) groups is 2. The van der Waals surface area contributed by atoms with Gasteiger partial charge in [-0.2, -0.15) is 0 Å². The van der Waals surface area contributed by atoms with Gasteiger partial charge in [0.2, 0.25) is 0 Å². The van der Waals surface area contributed by atoms with Crippen molar-refractivity contribution in [2.24, 2.45) is 5.92 Å². The van der Waals surface area contributed by atoms with Gasteiger partial charge in [0.05, 0.1) is 16.5 Å². The van der Waals surface area contributed by atoms with Gasteiger partial charge in [-0.15, -0.1) is 0 Å². The van der Waals surface area contributed by atoms with Gasteiger partial charge in [-0.05, 0) is 19.1 Å². The van der Waals surface area contributed by atoms with Gasteiger partial charge in [0, 0.05) is 13.1 Å². The minimum Gasteiger partial charge on any atom is -0.481 e. The van der Waals surface area contributed by atoms with E-state index in [1.54, 1.807) is 6.92 Å². The number of carboxylic acids is 1. The molecule has 0 heterocycles. The Morgan fingerprint density at radius 3 is 2.45 bits per heavy atom. The van der Waals surface area contributed by atoms with Gasteiger partial charge in [-0.3, -0.25) is 9.59 Å².